The number of aromatic nitrogens is 2. The van der Waals surface area contributed by atoms with E-state index >= 15 is 0 Å². The molecule has 96 valence electrons. The molecule has 0 amide bonds. The normalized spacial score (nSPS) is 12.3. The van der Waals surface area contributed by atoms with Gasteiger partial charge in [-0.2, -0.15) is 4.98 Å². The summed E-state index contributed by atoms with van der Waals surface area (Å²) in [5, 5.41) is 6.82. The lowest BCUT2D eigenvalue weighted by Gasteiger charge is -2.08. The lowest BCUT2D eigenvalue weighted by atomic mass is 10.2. The maximum Gasteiger partial charge on any atom is 0.373 e. The predicted molar refractivity (Wildman–Crippen MR) is 59.6 cm³/mol. The number of rotatable bonds is 5. The first kappa shape index (κ1) is 12.3. The summed E-state index contributed by atoms with van der Waals surface area (Å²) in [6, 6.07) is 3.22. The van der Waals surface area contributed by atoms with E-state index in [1.54, 1.807) is 12.1 Å². The van der Waals surface area contributed by atoms with E-state index in [9.17, 15) is 4.79 Å². The molecule has 1 N–H and O–H groups in total. The van der Waals surface area contributed by atoms with Gasteiger partial charge in [0.05, 0.1) is 19.7 Å². The number of hydrogen-bond acceptors (Lipinski definition) is 7. The van der Waals surface area contributed by atoms with E-state index in [1.807, 2.05) is 6.92 Å². The smallest absolute Gasteiger partial charge is 0.373 e. The third-order valence-electron chi connectivity index (χ3n) is 2.41. The molecule has 18 heavy (non-hydrogen) atoms. The highest BCUT2D eigenvalue weighted by Gasteiger charge is 2.15. The van der Waals surface area contributed by atoms with Crippen molar-refractivity contribution in [2.45, 2.75) is 19.5 Å². The van der Waals surface area contributed by atoms with Crippen molar-refractivity contribution in [1.82, 2.24) is 15.5 Å². The van der Waals surface area contributed by atoms with Gasteiger partial charge in [0.25, 0.3) is 0 Å². The molecule has 0 aromatic carbocycles. The third-order valence-corrected chi connectivity index (χ3v) is 2.41. The van der Waals surface area contributed by atoms with Crippen molar-refractivity contribution < 1.29 is 18.5 Å². The van der Waals surface area contributed by atoms with Crippen molar-refractivity contribution in [3.63, 3.8) is 0 Å². The minimum absolute atomic E-state index is 0.0816. The van der Waals surface area contributed by atoms with Crippen LogP contribution in [0.25, 0.3) is 0 Å². The quantitative estimate of drug-likeness (QED) is 0.801. The fraction of sp³-hybridized carbons (Fsp3) is 0.364. The van der Waals surface area contributed by atoms with E-state index in [0.29, 0.717) is 18.1 Å². The summed E-state index contributed by atoms with van der Waals surface area (Å²) < 4.78 is 14.5. The molecule has 1 atom stereocenters. The summed E-state index contributed by atoms with van der Waals surface area (Å²) in [6.07, 6.45) is 1.27. The summed E-state index contributed by atoms with van der Waals surface area (Å²) in [5.74, 6) is 0.882. The van der Waals surface area contributed by atoms with Gasteiger partial charge in [-0.3, -0.25) is 0 Å². The summed E-state index contributed by atoms with van der Waals surface area (Å²) >= 11 is 0. The molecular weight excluding hydrogens is 238 g/mol. The molecule has 0 spiro atoms. The Labute approximate surface area is 103 Å². The number of methoxy groups -OCH3 is 1. The van der Waals surface area contributed by atoms with Crippen LogP contribution in [0.15, 0.2) is 27.5 Å². The van der Waals surface area contributed by atoms with Crippen LogP contribution in [-0.2, 0) is 11.3 Å². The molecule has 0 bridgehead atoms. The second-order valence-corrected chi connectivity index (χ2v) is 3.64. The standard InChI is InChI=1S/C11H13N3O4/c1-7(12-5-10-13-6-17-14-10)8-3-4-9(18-8)11(15)16-2/h3-4,6-7,12H,5H2,1-2H3. The monoisotopic (exact) mass is 251 g/mol. The molecular formula is C11H13N3O4. The van der Waals surface area contributed by atoms with Crippen molar-refractivity contribution in [2.24, 2.45) is 0 Å². The Balaban J connectivity index is 1.94. The van der Waals surface area contributed by atoms with Crippen LogP contribution in [-0.4, -0.2) is 23.2 Å². The molecule has 2 aromatic rings. The summed E-state index contributed by atoms with van der Waals surface area (Å²) in [7, 11) is 1.31. The fourth-order valence-electron chi connectivity index (χ4n) is 1.41. The molecule has 0 saturated carbocycles. The lowest BCUT2D eigenvalue weighted by molar-refractivity contribution is 0.0562. The van der Waals surface area contributed by atoms with Gasteiger partial charge in [0.1, 0.15) is 5.76 Å². The van der Waals surface area contributed by atoms with Gasteiger partial charge in [0.15, 0.2) is 5.82 Å². The Morgan fingerprint density at radius 1 is 1.56 bits per heavy atom. The third kappa shape index (κ3) is 2.75. The first-order chi connectivity index (χ1) is 8.70. The van der Waals surface area contributed by atoms with E-state index in [2.05, 4.69) is 24.7 Å². The first-order valence-corrected chi connectivity index (χ1v) is 5.37. The molecule has 0 fully saturated rings. The van der Waals surface area contributed by atoms with Crippen molar-refractivity contribution in [3.05, 3.63) is 35.9 Å². The molecule has 0 aliphatic heterocycles. The van der Waals surface area contributed by atoms with Crippen LogP contribution in [0.3, 0.4) is 0 Å². The molecule has 1 unspecified atom stereocenters. The van der Waals surface area contributed by atoms with Crippen molar-refractivity contribution >= 4 is 5.97 Å². The molecule has 7 heteroatoms. The minimum Gasteiger partial charge on any atom is -0.463 e. The zero-order chi connectivity index (χ0) is 13.0. The molecule has 7 nitrogen and oxygen atoms in total. The molecule has 0 radical (unpaired) electrons. The van der Waals surface area contributed by atoms with Crippen LogP contribution in [0.1, 0.15) is 35.1 Å². The van der Waals surface area contributed by atoms with Crippen LogP contribution in [0, 0.1) is 0 Å². The SMILES string of the molecule is COC(=O)c1ccc(C(C)NCc2ncon2)o1. The number of carbonyl (C=O) groups is 1. The van der Waals surface area contributed by atoms with Gasteiger partial charge in [-0.1, -0.05) is 5.16 Å². The first-order valence-electron chi connectivity index (χ1n) is 5.37. The number of hydrogen-bond donors (Lipinski definition) is 1. The van der Waals surface area contributed by atoms with Gasteiger partial charge >= 0.3 is 5.97 Å². The number of esters is 1. The second kappa shape index (κ2) is 5.46. The lowest BCUT2D eigenvalue weighted by Crippen LogP contribution is -2.18. The summed E-state index contributed by atoms with van der Waals surface area (Å²) in [5.41, 5.74) is 0. The van der Waals surface area contributed by atoms with Gasteiger partial charge in [0.2, 0.25) is 12.2 Å². The minimum atomic E-state index is -0.494. The van der Waals surface area contributed by atoms with Gasteiger partial charge in [0, 0.05) is 0 Å². The van der Waals surface area contributed by atoms with Crippen LogP contribution >= 0.6 is 0 Å². The maximum atomic E-state index is 11.2. The van der Waals surface area contributed by atoms with Gasteiger partial charge < -0.3 is 19.0 Å². The summed E-state index contributed by atoms with van der Waals surface area (Å²) in [4.78, 5) is 15.1. The largest absolute Gasteiger partial charge is 0.463 e. The Morgan fingerprint density at radius 3 is 3.06 bits per heavy atom. The van der Waals surface area contributed by atoms with Crippen molar-refractivity contribution in [1.29, 1.82) is 0 Å². The number of ether oxygens (including phenoxy) is 1. The highest BCUT2D eigenvalue weighted by atomic mass is 16.5. The van der Waals surface area contributed by atoms with E-state index in [4.69, 9.17) is 4.42 Å². The van der Waals surface area contributed by atoms with E-state index in [1.165, 1.54) is 13.5 Å². The Kier molecular flexibility index (Phi) is 3.73. The Hall–Kier alpha value is -2.15. The maximum absolute atomic E-state index is 11.2. The molecule has 2 rings (SSSR count). The molecule has 0 aliphatic carbocycles. The highest BCUT2D eigenvalue weighted by Crippen LogP contribution is 2.17. The van der Waals surface area contributed by atoms with Gasteiger partial charge in [-0.05, 0) is 19.1 Å². The average molecular weight is 251 g/mol. The zero-order valence-corrected chi connectivity index (χ0v) is 10.0. The Morgan fingerprint density at radius 2 is 2.39 bits per heavy atom. The van der Waals surface area contributed by atoms with E-state index in [-0.39, 0.29) is 11.8 Å². The number of furan rings is 1. The molecule has 0 aliphatic rings. The Bertz CT molecular complexity index is 506. The molecule has 2 heterocycles. The van der Waals surface area contributed by atoms with Gasteiger partial charge in [-0.25, -0.2) is 4.79 Å². The predicted octanol–water partition coefficient (Wildman–Crippen LogP) is 1.30. The number of nitrogens with one attached hydrogen (secondary N) is 1. The second-order valence-electron chi connectivity index (χ2n) is 3.64. The average Bonchev–Trinajstić information content (AvgIpc) is 3.05. The summed E-state index contributed by atoms with van der Waals surface area (Å²) in [6.45, 7) is 2.35. The zero-order valence-electron chi connectivity index (χ0n) is 10.0. The number of carbonyl (C=O) groups excluding carboxylic acids is 1. The van der Waals surface area contributed by atoms with E-state index < -0.39 is 5.97 Å². The topological polar surface area (TPSA) is 90.4 Å². The van der Waals surface area contributed by atoms with Gasteiger partial charge in [-0.15, -0.1) is 0 Å². The number of nitrogens with zero attached hydrogens (tertiary/aromatic N) is 2. The van der Waals surface area contributed by atoms with Crippen molar-refractivity contribution in [3.8, 4) is 0 Å². The van der Waals surface area contributed by atoms with Crippen LogP contribution in [0.5, 0.6) is 0 Å². The fourth-order valence-corrected chi connectivity index (χ4v) is 1.41. The highest BCUT2D eigenvalue weighted by molar-refractivity contribution is 5.86. The van der Waals surface area contributed by atoms with Crippen LogP contribution in [0.4, 0.5) is 0 Å². The van der Waals surface area contributed by atoms with Crippen LogP contribution in [0.2, 0.25) is 0 Å². The van der Waals surface area contributed by atoms with Crippen LogP contribution < -0.4 is 5.32 Å². The molecule has 0 saturated heterocycles. The molecule has 2 aromatic heterocycles. The van der Waals surface area contributed by atoms with E-state index in [0.717, 1.165) is 0 Å². The van der Waals surface area contributed by atoms with Crippen molar-refractivity contribution in [2.75, 3.05) is 7.11 Å².